The lowest BCUT2D eigenvalue weighted by Gasteiger charge is -2.42. The van der Waals surface area contributed by atoms with Gasteiger partial charge in [-0.15, -0.1) is 10.2 Å². The van der Waals surface area contributed by atoms with Gasteiger partial charge >= 0.3 is 11.9 Å². The number of fused-ring (bicyclic) bond motifs is 1. The van der Waals surface area contributed by atoms with Gasteiger partial charge in [-0.3, -0.25) is 14.5 Å². The second kappa shape index (κ2) is 10.1. The molecule has 3 fully saturated rings. The maximum atomic E-state index is 12.1. The quantitative estimate of drug-likeness (QED) is 0.464. The standard InChI is InChI=1S/C24H32N6O6S/c1-37(35,36)19-6-4-15(5-7-19)22-26-28-30(27-22)18-10-21(24(33)34)29(13-18)12-14-2-3-16-11-25-20(23(31)32)9-17(16)8-14/h4-7,14,16-18,20-21,25H,2-3,8-13H2,1H3,(H,31,32)(H,33,34)/t14-,16-,17+,18-,20-,21-/m0/s1. The fourth-order valence-corrected chi connectivity index (χ4v) is 6.83. The fourth-order valence-electron chi connectivity index (χ4n) is 6.20. The third kappa shape index (κ3) is 5.53. The van der Waals surface area contributed by atoms with Crippen LogP contribution in [0, 0.1) is 17.8 Å². The number of tetrazole rings is 1. The minimum absolute atomic E-state index is 0.205. The number of aromatic nitrogens is 4. The normalized spacial score (nSPS) is 30.6. The molecule has 3 N–H and O–H groups in total. The molecular formula is C24H32N6O6S. The maximum Gasteiger partial charge on any atom is 0.321 e. The summed E-state index contributed by atoms with van der Waals surface area (Å²) in [7, 11) is -3.31. The number of hydrogen-bond acceptors (Lipinski definition) is 9. The lowest BCUT2D eigenvalue weighted by Crippen LogP contribution is -2.50. The molecule has 1 saturated carbocycles. The molecule has 3 heterocycles. The van der Waals surface area contributed by atoms with Crippen LogP contribution in [0.15, 0.2) is 29.2 Å². The molecule has 0 radical (unpaired) electrons. The van der Waals surface area contributed by atoms with Crippen LogP contribution in [0.3, 0.4) is 0 Å². The van der Waals surface area contributed by atoms with Crippen LogP contribution in [-0.4, -0.2) is 93.7 Å². The number of hydrogen-bond donors (Lipinski definition) is 3. The largest absolute Gasteiger partial charge is 0.480 e. The van der Waals surface area contributed by atoms with Crippen molar-refractivity contribution in [2.75, 3.05) is 25.9 Å². The van der Waals surface area contributed by atoms with E-state index in [4.69, 9.17) is 0 Å². The van der Waals surface area contributed by atoms with Crippen LogP contribution in [0.5, 0.6) is 0 Å². The topological polar surface area (TPSA) is 168 Å². The molecular weight excluding hydrogens is 500 g/mol. The van der Waals surface area contributed by atoms with E-state index in [2.05, 4.69) is 20.7 Å². The molecule has 6 atom stereocenters. The molecule has 0 bridgehead atoms. The zero-order valence-corrected chi connectivity index (χ0v) is 21.4. The van der Waals surface area contributed by atoms with E-state index in [-0.39, 0.29) is 10.9 Å². The smallest absolute Gasteiger partial charge is 0.321 e. The number of nitrogens with one attached hydrogen (secondary N) is 1. The summed E-state index contributed by atoms with van der Waals surface area (Å²) in [4.78, 5) is 27.2. The highest BCUT2D eigenvalue weighted by Gasteiger charge is 2.42. The van der Waals surface area contributed by atoms with Crippen molar-refractivity contribution >= 4 is 21.8 Å². The van der Waals surface area contributed by atoms with E-state index in [1.807, 2.05) is 4.90 Å². The monoisotopic (exact) mass is 532 g/mol. The van der Waals surface area contributed by atoms with E-state index in [0.717, 1.165) is 32.1 Å². The number of rotatable bonds is 7. The molecule has 13 heteroatoms. The van der Waals surface area contributed by atoms with Gasteiger partial charge in [0.1, 0.15) is 12.1 Å². The predicted octanol–water partition coefficient (Wildman–Crippen LogP) is 0.923. The highest BCUT2D eigenvalue weighted by atomic mass is 32.2. The van der Waals surface area contributed by atoms with Gasteiger partial charge in [0.2, 0.25) is 5.82 Å². The van der Waals surface area contributed by atoms with Gasteiger partial charge in [0, 0.05) is 24.9 Å². The third-order valence-corrected chi connectivity index (χ3v) is 9.29. The Labute approximate surface area is 215 Å². The van der Waals surface area contributed by atoms with Gasteiger partial charge in [-0.25, -0.2) is 8.42 Å². The minimum atomic E-state index is -3.31. The summed E-state index contributed by atoms with van der Waals surface area (Å²) >= 11 is 0. The number of carboxylic acid groups (broad SMARTS) is 2. The van der Waals surface area contributed by atoms with Crippen LogP contribution in [-0.2, 0) is 19.4 Å². The second-order valence-electron chi connectivity index (χ2n) is 10.7. The lowest BCUT2D eigenvalue weighted by atomic mass is 9.69. The first-order chi connectivity index (χ1) is 17.6. The zero-order chi connectivity index (χ0) is 26.3. The van der Waals surface area contributed by atoms with Crippen molar-refractivity contribution in [1.82, 2.24) is 30.4 Å². The Morgan fingerprint density at radius 1 is 1.05 bits per heavy atom. The number of likely N-dealkylation sites (tertiary alicyclic amines) is 1. The van der Waals surface area contributed by atoms with E-state index in [0.29, 0.717) is 55.1 Å². The van der Waals surface area contributed by atoms with Crippen LogP contribution in [0.1, 0.15) is 38.1 Å². The number of nitrogens with zero attached hydrogens (tertiary/aromatic N) is 5. The number of piperidine rings is 1. The van der Waals surface area contributed by atoms with Crippen LogP contribution in [0.4, 0.5) is 0 Å². The molecule has 2 saturated heterocycles. The van der Waals surface area contributed by atoms with E-state index >= 15 is 0 Å². The van der Waals surface area contributed by atoms with Gasteiger partial charge < -0.3 is 15.5 Å². The first kappa shape index (κ1) is 25.7. The van der Waals surface area contributed by atoms with Gasteiger partial charge in [0.25, 0.3) is 0 Å². The van der Waals surface area contributed by atoms with Crippen molar-refractivity contribution in [3.05, 3.63) is 24.3 Å². The average molecular weight is 533 g/mol. The SMILES string of the molecule is CS(=O)(=O)c1ccc(-c2nnn([C@H]3C[C@@H](C(=O)O)N(C[C@H]4CC[C@H]5CN[C@H](C(=O)O)C[C@H]5C4)C3)n2)cc1. The van der Waals surface area contributed by atoms with Gasteiger partial charge in [0.15, 0.2) is 9.84 Å². The molecule has 0 amide bonds. The van der Waals surface area contributed by atoms with Crippen molar-refractivity contribution < 1.29 is 28.2 Å². The number of carboxylic acids is 2. The van der Waals surface area contributed by atoms with Crippen molar-refractivity contribution in [2.45, 2.75) is 55.1 Å². The Hall–Kier alpha value is -2.90. The predicted molar refractivity (Wildman–Crippen MR) is 131 cm³/mol. The molecule has 3 aliphatic rings. The van der Waals surface area contributed by atoms with Crippen LogP contribution >= 0.6 is 0 Å². The summed E-state index contributed by atoms with van der Waals surface area (Å²) in [5.74, 6) is -0.181. The van der Waals surface area contributed by atoms with Gasteiger partial charge in [-0.2, -0.15) is 4.80 Å². The van der Waals surface area contributed by atoms with E-state index < -0.39 is 33.9 Å². The Morgan fingerprint density at radius 2 is 1.81 bits per heavy atom. The number of aliphatic carboxylic acids is 2. The van der Waals surface area contributed by atoms with Crippen molar-refractivity contribution in [2.24, 2.45) is 17.8 Å². The maximum absolute atomic E-state index is 12.1. The van der Waals surface area contributed by atoms with Gasteiger partial charge in [-0.1, -0.05) is 0 Å². The first-order valence-electron chi connectivity index (χ1n) is 12.6. The van der Waals surface area contributed by atoms with E-state index in [1.165, 1.54) is 16.9 Å². The highest BCUT2D eigenvalue weighted by Crippen LogP contribution is 2.40. The summed E-state index contributed by atoms with van der Waals surface area (Å²) in [5, 5.41) is 35.2. The molecule has 1 aromatic carbocycles. The number of carbonyl (C=O) groups is 2. The number of sulfone groups is 1. The Morgan fingerprint density at radius 3 is 2.49 bits per heavy atom. The third-order valence-electron chi connectivity index (χ3n) is 8.17. The summed E-state index contributed by atoms with van der Waals surface area (Å²) in [6.07, 6.45) is 5.07. The molecule has 37 heavy (non-hydrogen) atoms. The minimum Gasteiger partial charge on any atom is -0.480 e. The first-order valence-corrected chi connectivity index (χ1v) is 14.5. The van der Waals surface area contributed by atoms with E-state index in [1.54, 1.807) is 12.1 Å². The second-order valence-corrected chi connectivity index (χ2v) is 12.7. The number of benzene rings is 1. The Balaban J connectivity index is 1.25. The van der Waals surface area contributed by atoms with Crippen molar-refractivity contribution in [3.8, 4) is 11.4 Å². The molecule has 2 aliphatic heterocycles. The summed E-state index contributed by atoms with van der Waals surface area (Å²) in [6, 6.07) is 4.86. The Bertz CT molecular complexity index is 1260. The molecule has 12 nitrogen and oxygen atoms in total. The van der Waals surface area contributed by atoms with Gasteiger partial charge in [-0.05, 0) is 85.9 Å². The molecule has 0 spiro atoms. The van der Waals surface area contributed by atoms with E-state index in [9.17, 15) is 28.2 Å². The molecule has 2 aromatic rings. The molecule has 5 rings (SSSR count). The lowest BCUT2D eigenvalue weighted by molar-refractivity contribution is -0.143. The molecule has 1 aromatic heterocycles. The van der Waals surface area contributed by atoms with Crippen molar-refractivity contribution in [3.63, 3.8) is 0 Å². The summed E-state index contributed by atoms with van der Waals surface area (Å²) in [5.41, 5.74) is 0.627. The van der Waals surface area contributed by atoms with Crippen LogP contribution in [0.2, 0.25) is 0 Å². The summed E-state index contributed by atoms with van der Waals surface area (Å²) in [6.45, 7) is 1.87. The summed E-state index contributed by atoms with van der Waals surface area (Å²) < 4.78 is 23.4. The Kier molecular flexibility index (Phi) is 7.03. The molecule has 200 valence electrons. The van der Waals surface area contributed by atoms with Crippen LogP contribution < -0.4 is 5.32 Å². The molecule has 0 unspecified atom stereocenters. The van der Waals surface area contributed by atoms with Crippen LogP contribution in [0.25, 0.3) is 11.4 Å². The zero-order valence-electron chi connectivity index (χ0n) is 20.6. The van der Waals surface area contributed by atoms with Gasteiger partial charge in [0.05, 0.1) is 10.9 Å². The highest BCUT2D eigenvalue weighted by molar-refractivity contribution is 7.90. The average Bonchev–Trinajstić information content (AvgIpc) is 3.51. The fraction of sp³-hybridized carbons (Fsp3) is 0.625. The van der Waals surface area contributed by atoms with Crippen molar-refractivity contribution in [1.29, 1.82) is 0 Å². The molecule has 1 aliphatic carbocycles.